The first-order valence-corrected chi connectivity index (χ1v) is 8.02. The van der Waals surface area contributed by atoms with Crippen molar-refractivity contribution in [3.05, 3.63) is 39.3 Å². The number of aromatic nitrogens is 1. The third kappa shape index (κ3) is 4.33. The highest BCUT2D eigenvalue weighted by Gasteiger charge is 2.15. The van der Waals surface area contributed by atoms with Gasteiger partial charge < -0.3 is 15.2 Å². The van der Waals surface area contributed by atoms with E-state index in [1.54, 1.807) is 36.2 Å². The number of benzene rings is 1. The number of nitrogens with zero attached hydrogens (tertiary/aromatic N) is 1. The van der Waals surface area contributed by atoms with Gasteiger partial charge in [0.25, 0.3) is 0 Å². The van der Waals surface area contributed by atoms with Gasteiger partial charge in [0.05, 0.1) is 17.5 Å². The molecule has 0 amide bonds. The molecule has 0 saturated carbocycles. The van der Waals surface area contributed by atoms with E-state index in [9.17, 15) is 0 Å². The average molecular weight is 327 g/mol. The zero-order valence-electron chi connectivity index (χ0n) is 12.1. The van der Waals surface area contributed by atoms with Crippen molar-refractivity contribution in [2.24, 2.45) is 5.73 Å². The van der Waals surface area contributed by atoms with Gasteiger partial charge in [0.15, 0.2) is 11.5 Å². The lowest BCUT2D eigenvalue weighted by Gasteiger charge is -2.17. The van der Waals surface area contributed by atoms with E-state index >= 15 is 0 Å². The molecule has 2 rings (SSSR count). The van der Waals surface area contributed by atoms with Crippen LogP contribution in [0.4, 0.5) is 0 Å². The van der Waals surface area contributed by atoms with Gasteiger partial charge in [-0.15, -0.1) is 11.3 Å². The second-order valence-electron chi connectivity index (χ2n) is 4.73. The zero-order chi connectivity index (χ0) is 15.2. The predicted molar refractivity (Wildman–Crippen MR) is 86.4 cm³/mol. The summed E-state index contributed by atoms with van der Waals surface area (Å²) in [6.45, 7) is 2.52. The van der Waals surface area contributed by atoms with Gasteiger partial charge in [-0.3, -0.25) is 4.98 Å². The van der Waals surface area contributed by atoms with Crippen molar-refractivity contribution in [1.82, 2.24) is 4.98 Å². The Labute approximate surface area is 133 Å². The van der Waals surface area contributed by atoms with Gasteiger partial charge in [0, 0.05) is 28.9 Å². The van der Waals surface area contributed by atoms with Crippen LogP contribution in [0.1, 0.15) is 23.8 Å². The maximum atomic E-state index is 6.14. The van der Waals surface area contributed by atoms with Crippen LogP contribution in [-0.2, 0) is 13.0 Å². The molecule has 0 spiro atoms. The Balaban J connectivity index is 2.26. The highest BCUT2D eigenvalue weighted by atomic mass is 35.5. The minimum absolute atomic E-state index is 0.0685. The Kier molecular flexibility index (Phi) is 5.85. The molecule has 0 aliphatic rings. The molecule has 21 heavy (non-hydrogen) atoms. The summed E-state index contributed by atoms with van der Waals surface area (Å²) >= 11 is 7.70. The number of nitrogens with two attached hydrogens (primary N) is 1. The van der Waals surface area contributed by atoms with Gasteiger partial charge >= 0.3 is 0 Å². The number of ether oxygens (including phenoxy) is 2. The number of hydrogen-bond donors (Lipinski definition) is 1. The lowest BCUT2D eigenvalue weighted by molar-refractivity contribution is 0.283. The molecule has 0 aliphatic carbocycles. The van der Waals surface area contributed by atoms with Crippen LogP contribution in [0, 0.1) is 0 Å². The van der Waals surface area contributed by atoms with Crippen molar-refractivity contribution in [3.8, 4) is 11.5 Å². The van der Waals surface area contributed by atoms with E-state index in [2.05, 4.69) is 11.9 Å². The second-order valence-corrected chi connectivity index (χ2v) is 6.13. The minimum atomic E-state index is 0.0685. The quantitative estimate of drug-likeness (QED) is 0.843. The smallest absolute Gasteiger partial charge is 0.165 e. The first-order valence-electron chi connectivity index (χ1n) is 6.76. The lowest BCUT2D eigenvalue weighted by atomic mass is 10.0. The maximum Gasteiger partial charge on any atom is 0.165 e. The monoisotopic (exact) mass is 326 g/mol. The van der Waals surface area contributed by atoms with Gasteiger partial charge in [-0.2, -0.15) is 0 Å². The molecule has 6 heteroatoms. The molecule has 0 aliphatic heterocycles. The highest BCUT2D eigenvalue weighted by molar-refractivity contribution is 7.09. The molecule has 1 atom stereocenters. The Morgan fingerprint density at radius 2 is 2.24 bits per heavy atom. The normalized spacial score (nSPS) is 12.2. The molecule has 1 aromatic heterocycles. The van der Waals surface area contributed by atoms with Crippen molar-refractivity contribution in [2.45, 2.75) is 32.4 Å². The van der Waals surface area contributed by atoms with E-state index in [1.807, 2.05) is 6.07 Å². The third-order valence-corrected chi connectivity index (χ3v) is 4.14. The fraction of sp³-hybridized carbons (Fsp3) is 0.400. The van der Waals surface area contributed by atoms with Crippen LogP contribution in [0.5, 0.6) is 11.5 Å². The molecule has 1 heterocycles. The van der Waals surface area contributed by atoms with E-state index in [1.165, 1.54) is 0 Å². The van der Waals surface area contributed by atoms with Crippen molar-refractivity contribution in [3.63, 3.8) is 0 Å². The zero-order valence-corrected chi connectivity index (χ0v) is 13.7. The van der Waals surface area contributed by atoms with Crippen molar-refractivity contribution in [1.29, 1.82) is 0 Å². The summed E-state index contributed by atoms with van der Waals surface area (Å²) in [5, 5.41) is 0.621. The first kappa shape index (κ1) is 16.1. The summed E-state index contributed by atoms with van der Waals surface area (Å²) in [6.07, 6.45) is 3.39. The summed E-state index contributed by atoms with van der Waals surface area (Å²) in [6, 6.07) is 3.71. The van der Waals surface area contributed by atoms with Crippen LogP contribution in [0.3, 0.4) is 0 Å². The molecule has 0 saturated heterocycles. The number of halogens is 1. The van der Waals surface area contributed by atoms with E-state index in [0.29, 0.717) is 29.5 Å². The molecule has 2 N–H and O–H groups in total. The Hall–Kier alpha value is -1.30. The van der Waals surface area contributed by atoms with E-state index < -0.39 is 0 Å². The molecule has 0 fully saturated rings. The second kappa shape index (κ2) is 7.64. The Morgan fingerprint density at radius 1 is 1.43 bits per heavy atom. The van der Waals surface area contributed by atoms with Crippen LogP contribution in [0.25, 0.3) is 0 Å². The lowest BCUT2D eigenvalue weighted by Crippen LogP contribution is -2.21. The summed E-state index contributed by atoms with van der Waals surface area (Å²) in [5.74, 6) is 1.34. The van der Waals surface area contributed by atoms with Crippen LogP contribution < -0.4 is 15.2 Å². The molecule has 0 bridgehead atoms. The molecule has 1 aromatic carbocycles. The van der Waals surface area contributed by atoms with Gasteiger partial charge in [-0.25, -0.2) is 0 Å². The van der Waals surface area contributed by atoms with Crippen LogP contribution >= 0.6 is 22.9 Å². The largest absolute Gasteiger partial charge is 0.493 e. The molecular formula is C15H19ClN2O2S. The summed E-state index contributed by atoms with van der Waals surface area (Å²) < 4.78 is 11.3. The number of thiazole rings is 1. The van der Waals surface area contributed by atoms with Gasteiger partial charge in [0.1, 0.15) is 6.61 Å². The maximum absolute atomic E-state index is 6.14. The Morgan fingerprint density at radius 3 is 2.86 bits per heavy atom. The number of hydrogen-bond acceptors (Lipinski definition) is 5. The first-order chi connectivity index (χ1) is 10.1. The fourth-order valence-electron chi connectivity index (χ4n) is 1.97. The average Bonchev–Trinajstić information content (AvgIpc) is 2.98. The molecule has 0 radical (unpaired) electrons. The minimum Gasteiger partial charge on any atom is -0.493 e. The molecule has 1 unspecified atom stereocenters. The summed E-state index contributed by atoms with van der Waals surface area (Å²) in [7, 11) is 1.61. The molecule has 4 nitrogen and oxygen atoms in total. The highest BCUT2D eigenvalue weighted by Crippen LogP contribution is 2.36. The van der Waals surface area contributed by atoms with E-state index in [4.69, 9.17) is 26.8 Å². The van der Waals surface area contributed by atoms with Crippen molar-refractivity contribution < 1.29 is 9.47 Å². The van der Waals surface area contributed by atoms with Gasteiger partial charge in [-0.05, 0) is 18.9 Å². The third-order valence-electron chi connectivity index (χ3n) is 3.17. The topological polar surface area (TPSA) is 57.4 Å². The van der Waals surface area contributed by atoms with E-state index in [-0.39, 0.29) is 6.04 Å². The van der Waals surface area contributed by atoms with Gasteiger partial charge in [-0.1, -0.05) is 18.5 Å². The van der Waals surface area contributed by atoms with Gasteiger partial charge in [0.2, 0.25) is 0 Å². The van der Waals surface area contributed by atoms with Crippen molar-refractivity contribution >= 4 is 22.9 Å². The van der Waals surface area contributed by atoms with Crippen molar-refractivity contribution in [2.75, 3.05) is 7.11 Å². The van der Waals surface area contributed by atoms with Crippen LogP contribution in [0.15, 0.2) is 23.8 Å². The molecule has 2 aromatic rings. The summed E-state index contributed by atoms with van der Waals surface area (Å²) in [5.41, 5.74) is 8.81. The molecular weight excluding hydrogens is 308 g/mol. The predicted octanol–water partition coefficient (Wildman–Crippen LogP) is 3.66. The number of methoxy groups -OCH3 is 1. The van der Waals surface area contributed by atoms with Crippen LogP contribution in [0.2, 0.25) is 5.02 Å². The summed E-state index contributed by atoms with van der Waals surface area (Å²) in [4.78, 5) is 5.09. The van der Waals surface area contributed by atoms with Crippen LogP contribution in [-0.4, -0.2) is 18.1 Å². The molecule has 114 valence electrons. The Bertz CT molecular complexity index is 575. The van der Waals surface area contributed by atoms with E-state index in [0.717, 1.165) is 16.9 Å². The fourth-order valence-corrected chi connectivity index (χ4v) is 2.71. The standard InChI is InChI=1S/C15H19ClN2O2S/c1-3-12(17)5-10-4-11(16)6-14(19-2)15(10)20-8-13-7-18-9-21-13/h4,6-7,9,12H,3,5,8,17H2,1-2H3. The number of rotatable bonds is 7. The SMILES string of the molecule is CCC(N)Cc1cc(Cl)cc(OC)c1OCc1cncs1.